The van der Waals surface area contributed by atoms with Crippen LogP contribution in [-0.4, -0.2) is 15.0 Å². The highest BCUT2D eigenvalue weighted by molar-refractivity contribution is 7.15. The fourth-order valence-corrected chi connectivity index (χ4v) is 3.66. The lowest BCUT2D eigenvalue weighted by atomic mass is 9.83. The molecule has 1 atom stereocenters. The Bertz CT molecular complexity index is 960. The Morgan fingerprint density at radius 3 is 2.50 bits per heavy atom. The molecule has 0 aliphatic heterocycles. The summed E-state index contributed by atoms with van der Waals surface area (Å²) in [7, 11) is 0. The molecule has 0 aliphatic rings. The van der Waals surface area contributed by atoms with Crippen LogP contribution >= 0.6 is 11.3 Å². The molecule has 0 bridgehead atoms. The molecule has 2 aromatic heterocycles. The van der Waals surface area contributed by atoms with E-state index >= 15 is 0 Å². The van der Waals surface area contributed by atoms with Crippen molar-refractivity contribution in [3.8, 4) is 10.4 Å². The van der Waals surface area contributed by atoms with Gasteiger partial charge in [0, 0.05) is 24.0 Å². The minimum absolute atomic E-state index is 0.0988. The van der Waals surface area contributed by atoms with Crippen LogP contribution in [0.5, 0.6) is 0 Å². The van der Waals surface area contributed by atoms with Crippen molar-refractivity contribution < 1.29 is 13.2 Å². The zero-order valence-electron chi connectivity index (χ0n) is 16.0. The van der Waals surface area contributed by atoms with E-state index in [9.17, 15) is 13.2 Å². The van der Waals surface area contributed by atoms with Gasteiger partial charge in [0.25, 0.3) is 0 Å². The van der Waals surface area contributed by atoms with Crippen molar-refractivity contribution >= 4 is 23.0 Å². The van der Waals surface area contributed by atoms with Crippen molar-refractivity contribution in [2.75, 3.05) is 5.32 Å². The lowest BCUT2D eigenvalue weighted by Gasteiger charge is -2.25. The van der Waals surface area contributed by atoms with Gasteiger partial charge in [-0.15, -0.1) is 11.3 Å². The zero-order valence-corrected chi connectivity index (χ0v) is 16.8. The average molecular weight is 406 g/mol. The minimum Gasteiger partial charge on any atom is -0.324 e. The smallest absolute Gasteiger partial charge is 0.324 e. The first kappa shape index (κ1) is 20.3. The van der Waals surface area contributed by atoms with E-state index in [0.29, 0.717) is 11.6 Å². The van der Waals surface area contributed by atoms with E-state index < -0.39 is 11.9 Å². The Kier molecular flexibility index (Phi) is 5.43. The van der Waals surface area contributed by atoms with E-state index in [4.69, 9.17) is 0 Å². The summed E-state index contributed by atoms with van der Waals surface area (Å²) in [5, 5.41) is 3.90. The second-order valence-corrected chi connectivity index (χ2v) is 8.68. The lowest BCUT2D eigenvalue weighted by molar-refractivity contribution is -0.141. The van der Waals surface area contributed by atoms with Crippen molar-refractivity contribution in [2.45, 2.75) is 39.8 Å². The van der Waals surface area contributed by atoms with Crippen molar-refractivity contribution in [1.82, 2.24) is 15.0 Å². The van der Waals surface area contributed by atoms with Crippen LogP contribution in [0.15, 0.2) is 42.7 Å². The van der Waals surface area contributed by atoms with Crippen LogP contribution < -0.4 is 5.32 Å². The van der Waals surface area contributed by atoms with E-state index in [0.717, 1.165) is 27.7 Å². The zero-order chi connectivity index (χ0) is 20.5. The second kappa shape index (κ2) is 7.50. The van der Waals surface area contributed by atoms with Gasteiger partial charge in [-0.3, -0.25) is 0 Å². The van der Waals surface area contributed by atoms with Gasteiger partial charge in [-0.25, -0.2) is 15.0 Å². The summed E-state index contributed by atoms with van der Waals surface area (Å²) in [6, 6.07) is 8.22. The highest BCUT2D eigenvalue weighted by Crippen LogP contribution is 2.39. The SMILES string of the molecule is CC(c1ncc(-c2cccc(Nc3nccc(C(F)(F)F)n3)c2)s1)C(C)(C)C. The Labute approximate surface area is 165 Å². The monoisotopic (exact) mass is 406 g/mol. The third kappa shape index (κ3) is 4.67. The first-order chi connectivity index (χ1) is 13.0. The quantitative estimate of drug-likeness (QED) is 0.536. The predicted octanol–water partition coefficient (Wildman–Crippen LogP) is 6.51. The third-order valence-corrected chi connectivity index (χ3v) is 5.77. The molecule has 3 aromatic rings. The number of thiazole rings is 1. The van der Waals surface area contributed by atoms with Gasteiger partial charge in [-0.05, 0) is 29.2 Å². The molecule has 1 unspecified atom stereocenters. The van der Waals surface area contributed by atoms with Gasteiger partial charge >= 0.3 is 6.18 Å². The minimum atomic E-state index is -4.51. The van der Waals surface area contributed by atoms with Crippen LogP contribution in [0.2, 0.25) is 0 Å². The number of benzene rings is 1. The fourth-order valence-electron chi connectivity index (χ4n) is 2.45. The van der Waals surface area contributed by atoms with E-state index in [-0.39, 0.29) is 11.4 Å². The van der Waals surface area contributed by atoms with Crippen molar-refractivity contribution in [3.63, 3.8) is 0 Å². The highest BCUT2D eigenvalue weighted by atomic mass is 32.1. The number of hydrogen-bond acceptors (Lipinski definition) is 5. The molecule has 0 saturated heterocycles. The predicted molar refractivity (Wildman–Crippen MR) is 106 cm³/mol. The number of halogens is 3. The number of nitrogens with zero attached hydrogens (tertiary/aromatic N) is 3. The van der Waals surface area contributed by atoms with Gasteiger partial charge in [0.1, 0.15) is 5.69 Å². The second-order valence-electron chi connectivity index (χ2n) is 7.62. The molecule has 4 nitrogen and oxygen atoms in total. The summed E-state index contributed by atoms with van der Waals surface area (Å²) in [4.78, 5) is 13.0. The number of hydrogen-bond donors (Lipinski definition) is 1. The molecule has 28 heavy (non-hydrogen) atoms. The summed E-state index contributed by atoms with van der Waals surface area (Å²) >= 11 is 1.62. The van der Waals surface area contributed by atoms with Crippen LogP contribution in [0.4, 0.5) is 24.8 Å². The van der Waals surface area contributed by atoms with E-state index in [1.807, 2.05) is 24.4 Å². The molecule has 0 aliphatic carbocycles. The highest BCUT2D eigenvalue weighted by Gasteiger charge is 2.32. The maximum Gasteiger partial charge on any atom is 0.433 e. The Hall–Kier alpha value is -2.48. The van der Waals surface area contributed by atoms with Crippen molar-refractivity contribution in [2.24, 2.45) is 5.41 Å². The molecule has 1 N–H and O–H groups in total. The Balaban J connectivity index is 1.83. The molecule has 0 spiro atoms. The van der Waals surface area contributed by atoms with E-state index in [2.05, 4.69) is 48.0 Å². The van der Waals surface area contributed by atoms with Gasteiger partial charge in [0.05, 0.1) is 9.88 Å². The third-order valence-electron chi connectivity index (χ3n) is 4.54. The number of aromatic nitrogens is 3. The molecular weight excluding hydrogens is 385 g/mol. The number of rotatable bonds is 4. The molecule has 3 rings (SSSR count). The Morgan fingerprint density at radius 1 is 1.07 bits per heavy atom. The van der Waals surface area contributed by atoms with Gasteiger partial charge < -0.3 is 5.32 Å². The normalized spacial score (nSPS) is 13.4. The summed E-state index contributed by atoms with van der Waals surface area (Å²) in [6.07, 6.45) is -1.59. The summed E-state index contributed by atoms with van der Waals surface area (Å²) < 4.78 is 38.5. The largest absolute Gasteiger partial charge is 0.433 e. The molecule has 0 saturated carbocycles. The molecule has 0 radical (unpaired) electrons. The molecule has 1 aromatic carbocycles. The van der Waals surface area contributed by atoms with Gasteiger partial charge in [0.2, 0.25) is 5.95 Å². The standard InChI is InChI=1S/C20H21F3N4S/c1-12(19(2,3)4)17-25-11-15(28-17)13-6-5-7-14(10-13)26-18-24-9-8-16(27-18)20(21,22)23/h5-12H,1-4H3,(H,24,26,27). The Morgan fingerprint density at radius 2 is 1.82 bits per heavy atom. The van der Waals surface area contributed by atoms with Crippen molar-refractivity contribution in [3.05, 3.63) is 53.4 Å². The summed E-state index contributed by atoms with van der Waals surface area (Å²) in [6.45, 7) is 8.70. The maximum absolute atomic E-state index is 12.8. The first-order valence-electron chi connectivity index (χ1n) is 8.77. The van der Waals surface area contributed by atoms with Crippen LogP contribution in [0.1, 0.15) is 44.3 Å². The molecular formula is C20H21F3N4S. The van der Waals surface area contributed by atoms with Crippen LogP contribution in [-0.2, 0) is 6.18 Å². The lowest BCUT2D eigenvalue weighted by Crippen LogP contribution is -2.14. The van der Waals surface area contributed by atoms with Gasteiger partial charge in [0.15, 0.2) is 0 Å². The molecule has 8 heteroatoms. The van der Waals surface area contributed by atoms with Crippen LogP contribution in [0, 0.1) is 5.41 Å². The molecule has 2 heterocycles. The molecule has 0 amide bonds. The molecule has 148 valence electrons. The first-order valence-corrected chi connectivity index (χ1v) is 9.59. The van der Waals surface area contributed by atoms with E-state index in [1.165, 1.54) is 0 Å². The number of nitrogens with one attached hydrogen (secondary N) is 1. The van der Waals surface area contributed by atoms with E-state index in [1.54, 1.807) is 17.4 Å². The van der Waals surface area contributed by atoms with Crippen LogP contribution in [0.25, 0.3) is 10.4 Å². The fraction of sp³-hybridized carbons (Fsp3) is 0.350. The van der Waals surface area contributed by atoms with Gasteiger partial charge in [-0.1, -0.05) is 39.8 Å². The average Bonchev–Trinajstić information content (AvgIpc) is 3.10. The molecule has 0 fully saturated rings. The maximum atomic E-state index is 12.8. The number of alkyl halides is 3. The summed E-state index contributed by atoms with van der Waals surface area (Å²) in [5.41, 5.74) is 0.668. The van der Waals surface area contributed by atoms with Crippen molar-refractivity contribution in [1.29, 1.82) is 0 Å². The van der Waals surface area contributed by atoms with Crippen LogP contribution in [0.3, 0.4) is 0 Å². The number of anilines is 2. The topological polar surface area (TPSA) is 50.7 Å². The van der Waals surface area contributed by atoms with Gasteiger partial charge in [-0.2, -0.15) is 13.2 Å². The summed E-state index contributed by atoms with van der Waals surface area (Å²) in [5.74, 6) is 0.212.